The van der Waals surface area contributed by atoms with E-state index in [9.17, 15) is 0 Å². The van der Waals surface area contributed by atoms with E-state index in [0.717, 1.165) is 90.2 Å². The highest BCUT2D eigenvalue weighted by Gasteiger charge is 2.27. The number of rotatable bonds is 8. The Labute approximate surface area is 163 Å². The summed E-state index contributed by atoms with van der Waals surface area (Å²) in [4.78, 5) is 21.2. The summed E-state index contributed by atoms with van der Waals surface area (Å²) in [5, 5.41) is 3.34. The van der Waals surface area contributed by atoms with Crippen LogP contribution in [0.1, 0.15) is 40.0 Å². The maximum Gasteiger partial charge on any atom is 0.231 e. The summed E-state index contributed by atoms with van der Waals surface area (Å²) >= 11 is 0. The Kier molecular flexibility index (Phi) is 7.46. The fourth-order valence-electron chi connectivity index (χ4n) is 3.83. The number of hydrogen-bond acceptors (Lipinski definition) is 8. The van der Waals surface area contributed by atoms with Crippen molar-refractivity contribution >= 4 is 17.8 Å². The summed E-state index contributed by atoms with van der Waals surface area (Å²) in [6, 6.07) is 0.659. The second kappa shape index (κ2) is 10.0. The highest BCUT2D eigenvalue weighted by Crippen LogP contribution is 2.23. The number of hydrogen-bond donors (Lipinski definition) is 1. The number of nitrogens with one attached hydrogen (secondary N) is 1. The third kappa shape index (κ3) is 5.19. The SMILES string of the molecule is CCCNc1nc(N(CC)CC)nc(N2CCC(N3CCOCC3)CC2)n1. The van der Waals surface area contributed by atoms with Crippen molar-refractivity contribution in [3.05, 3.63) is 0 Å². The summed E-state index contributed by atoms with van der Waals surface area (Å²) in [7, 11) is 0. The molecule has 2 aliphatic heterocycles. The highest BCUT2D eigenvalue weighted by atomic mass is 16.5. The molecule has 0 spiro atoms. The topological polar surface area (TPSA) is 69.7 Å². The van der Waals surface area contributed by atoms with Crippen molar-refractivity contribution in [1.29, 1.82) is 0 Å². The lowest BCUT2D eigenvalue weighted by Crippen LogP contribution is -2.49. The molecular weight excluding hydrogens is 342 g/mol. The molecule has 0 aliphatic carbocycles. The molecule has 0 amide bonds. The van der Waals surface area contributed by atoms with Crippen LogP contribution in [0.25, 0.3) is 0 Å². The van der Waals surface area contributed by atoms with Gasteiger partial charge in [-0.2, -0.15) is 15.0 Å². The predicted octanol–water partition coefficient (Wildman–Crippen LogP) is 1.84. The van der Waals surface area contributed by atoms with Crippen LogP contribution in [0.4, 0.5) is 17.8 Å². The van der Waals surface area contributed by atoms with E-state index >= 15 is 0 Å². The minimum absolute atomic E-state index is 0.659. The van der Waals surface area contributed by atoms with Crippen LogP contribution in [0.2, 0.25) is 0 Å². The van der Waals surface area contributed by atoms with E-state index in [-0.39, 0.29) is 0 Å². The maximum atomic E-state index is 5.49. The zero-order valence-electron chi connectivity index (χ0n) is 17.2. The molecule has 3 rings (SSSR count). The van der Waals surface area contributed by atoms with Crippen molar-refractivity contribution in [2.24, 2.45) is 0 Å². The summed E-state index contributed by atoms with van der Waals surface area (Å²) in [5.74, 6) is 2.28. The second-order valence-corrected chi connectivity index (χ2v) is 7.22. The summed E-state index contributed by atoms with van der Waals surface area (Å²) in [5.41, 5.74) is 0. The minimum atomic E-state index is 0.659. The van der Waals surface area contributed by atoms with E-state index in [1.54, 1.807) is 0 Å². The zero-order valence-corrected chi connectivity index (χ0v) is 17.2. The van der Waals surface area contributed by atoms with E-state index in [2.05, 4.69) is 45.8 Å². The van der Waals surface area contributed by atoms with Gasteiger partial charge in [-0.1, -0.05) is 6.92 Å². The van der Waals surface area contributed by atoms with E-state index in [1.165, 1.54) is 0 Å². The summed E-state index contributed by atoms with van der Waals surface area (Å²) in [6.45, 7) is 14.9. The molecular formula is C19H35N7O. The fraction of sp³-hybridized carbons (Fsp3) is 0.842. The molecule has 8 nitrogen and oxygen atoms in total. The lowest BCUT2D eigenvalue weighted by Gasteiger charge is -2.40. The van der Waals surface area contributed by atoms with Gasteiger partial charge in [0.1, 0.15) is 0 Å². The van der Waals surface area contributed by atoms with Crippen LogP contribution in [-0.4, -0.2) is 84.9 Å². The molecule has 1 aromatic heterocycles. The number of piperidine rings is 1. The van der Waals surface area contributed by atoms with E-state index in [1.807, 2.05) is 0 Å². The molecule has 2 fully saturated rings. The average molecular weight is 378 g/mol. The van der Waals surface area contributed by atoms with Crippen LogP contribution in [-0.2, 0) is 4.74 Å². The van der Waals surface area contributed by atoms with Crippen LogP contribution >= 0.6 is 0 Å². The Morgan fingerprint density at radius 3 is 2.33 bits per heavy atom. The van der Waals surface area contributed by atoms with Gasteiger partial charge in [-0.3, -0.25) is 4.90 Å². The molecule has 0 atom stereocenters. The molecule has 0 radical (unpaired) electrons. The van der Waals surface area contributed by atoms with Crippen molar-refractivity contribution in [3.63, 3.8) is 0 Å². The van der Waals surface area contributed by atoms with Crippen LogP contribution in [0, 0.1) is 0 Å². The van der Waals surface area contributed by atoms with Crippen molar-refractivity contribution in [3.8, 4) is 0 Å². The molecule has 0 saturated carbocycles. The third-order valence-electron chi connectivity index (χ3n) is 5.50. The van der Waals surface area contributed by atoms with Gasteiger partial charge in [0, 0.05) is 51.9 Å². The molecule has 2 saturated heterocycles. The standard InChI is InChI=1S/C19H35N7O/c1-4-9-20-17-21-18(24(5-2)6-3)23-19(22-17)26-10-7-16(8-11-26)25-12-14-27-15-13-25/h16H,4-15H2,1-3H3,(H,20,21,22,23). The number of anilines is 3. The van der Waals surface area contributed by atoms with Crippen LogP contribution in [0.3, 0.4) is 0 Å². The monoisotopic (exact) mass is 377 g/mol. The Balaban J connectivity index is 1.70. The first kappa shape index (κ1) is 20.1. The maximum absolute atomic E-state index is 5.49. The first-order valence-corrected chi connectivity index (χ1v) is 10.6. The lowest BCUT2D eigenvalue weighted by atomic mass is 10.0. The number of aromatic nitrogens is 3. The molecule has 1 aromatic rings. The molecule has 1 N–H and O–H groups in total. The summed E-state index contributed by atoms with van der Waals surface area (Å²) < 4.78 is 5.49. The second-order valence-electron chi connectivity index (χ2n) is 7.22. The fourth-order valence-corrected chi connectivity index (χ4v) is 3.83. The van der Waals surface area contributed by atoms with Crippen molar-refractivity contribution in [1.82, 2.24) is 19.9 Å². The van der Waals surface area contributed by atoms with Gasteiger partial charge in [0.05, 0.1) is 13.2 Å². The summed E-state index contributed by atoms with van der Waals surface area (Å²) in [6.07, 6.45) is 3.36. The Bertz CT molecular complexity index is 567. The van der Waals surface area contributed by atoms with E-state index in [0.29, 0.717) is 12.0 Å². The first-order chi connectivity index (χ1) is 13.2. The molecule has 152 valence electrons. The lowest BCUT2D eigenvalue weighted by molar-refractivity contribution is 0.0114. The van der Waals surface area contributed by atoms with Gasteiger partial charge in [0.2, 0.25) is 17.8 Å². The van der Waals surface area contributed by atoms with Crippen LogP contribution in [0.15, 0.2) is 0 Å². The van der Waals surface area contributed by atoms with Crippen LogP contribution < -0.4 is 15.1 Å². The van der Waals surface area contributed by atoms with Crippen LogP contribution in [0.5, 0.6) is 0 Å². The molecule has 27 heavy (non-hydrogen) atoms. The van der Waals surface area contributed by atoms with Crippen molar-refractivity contribution in [2.75, 3.05) is 74.1 Å². The molecule has 0 aromatic carbocycles. The number of ether oxygens (including phenoxy) is 1. The van der Waals surface area contributed by atoms with Crippen molar-refractivity contribution in [2.45, 2.75) is 46.1 Å². The van der Waals surface area contributed by atoms with Gasteiger partial charge < -0.3 is 19.9 Å². The highest BCUT2D eigenvalue weighted by molar-refractivity contribution is 5.45. The Hall–Kier alpha value is -1.67. The van der Waals surface area contributed by atoms with Gasteiger partial charge in [-0.25, -0.2) is 0 Å². The molecule has 0 unspecified atom stereocenters. The zero-order chi connectivity index (χ0) is 19.1. The number of morpholine rings is 1. The average Bonchev–Trinajstić information content (AvgIpc) is 2.74. The first-order valence-electron chi connectivity index (χ1n) is 10.6. The van der Waals surface area contributed by atoms with Crippen molar-refractivity contribution < 1.29 is 4.74 Å². The predicted molar refractivity (Wildman–Crippen MR) is 110 cm³/mol. The van der Waals surface area contributed by atoms with E-state index < -0.39 is 0 Å². The third-order valence-corrected chi connectivity index (χ3v) is 5.50. The molecule has 3 heterocycles. The Morgan fingerprint density at radius 2 is 1.70 bits per heavy atom. The molecule has 8 heteroatoms. The smallest absolute Gasteiger partial charge is 0.231 e. The van der Waals surface area contributed by atoms with Gasteiger partial charge in [0.15, 0.2) is 0 Å². The Morgan fingerprint density at radius 1 is 1.00 bits per heavy atom. The largest absolute Gasteiger partial charge is 0.379 e. The quantitative estimate of drug-likeness (QED) is 0.736. The van der Waals surface area contributed by atoms with Gasteiger partial charge >= 0.3 is 0 Å². The van der Waals surface area contributed by atoms with Gasteiger partial charge in [-0.15, -0.1) is 0 Å². The molecule has 0 bridgehead atoms. The normalized spacial score (nSPS) is 19.3. The van der Waals surface area contributed by atoms with Gasteiger partial charge in [0.25, 0.3) is 0 Å². The van der Waals surface area contributed by atoms with Gasteiger partial charge in [-0.05, 0) is 33.1 Å². The minimum Gasteiger partial charge on any atom is -0.379 e. The number of nitrogens with zero attached hydrogens (tertiary/aromatic N) is 6. The molecule has 2 aliphatic rings. The van der Waals surface area contributed by atoms with E-state index in [4.69, 9.17) is 14.7 Å².